The average Bonchev–Trinajstić information content (AvgIpc) is 2.69. The standard InChI is InChI=1S/C11H12ClN3/c1-9-4-2-3-5-10(9)7-15-8-13-14-11(15)6-12/h2-5,8H,6-7H2,1H3. The fraction of sp³-hybridized carbons (Fsp3) is 0.273. The van der Waals surface area contributed by atoms with Gasteiger partial charge < -0.3 is 4.57 Å². The lowest BCUT2D eigenvalue weighted by Crippen LogP contribution is -2.03. The van der Waals surface area contributed by atoms with Gasteiger partial charge in [0.2, 0.25) is 0 Å². The quantitative estimate of drug-likeness (QED) is 0.746. The number of aromatic nitrogens is 3. The Labute approximate surface area is 93.7 Å². The van der Waals surface area contributed by atoms with Crippen LogP contribution in [0.5, 0.6) is 0 Å². The molecule has 0 saturated heterocycles. The van der Waals surface area contributed by atoms with Crippen molar-refractivity contribution in [2.45, 2.75) is 19.3 Å². The van der Waals surface area contributed by atoms with Crippen LogP contribution >= 0.6 is 11.6 Å². The minimum atomic E-state index is 0.395. The van der Waals surface area contributed by atoms with Crippen molar-refractivity contribution in [3.05, 3.63) is 47.5 Å². The zero-order valence-electron chi connectivity index (χ0n) is 8.52. The second-order valence-electron chi connectivity index (χ2n) is 3.44. The largest absolute Gasteiger partial charge is 0.312 e. The molecule has 0 amide bonds. The third-order valence-electron chi connectivity index (χ3n) is 2.42. The molecule has 3 nitrogen and oxygen atoms in total. The summed E-state index contributed by atoms with van der Waals surface area (Å²) in [6.07, 6.45) is 1.71. The van der Waals surface area contributed by atoms with Crippen molar-refractivity contribution in [1.82, 2.24) is 14.8 Å². The molecule has 1 aromatic carbocycles. The van der Waals surface area contributed by atoms with Crippen molar-refractivity contribution in [1.29, 1.82) is 0 Å². The third-order valence-corrected chi connectivity index (χ3v) is 2.66. The van der Waals surface area contributed by atoms with Crippen LogP contribution < -0.4 is 0 Å². The summed E-state index contributed by atoms with van der Waals surface area (Å²) < 4.78 is 1.97. The van der Waals surface area contributed by atoms with Gasteiger partial charge in [-0.05, 0) is 18.1 Å². The van der Waals surface area contributed by atoms with E-state index in [-0.39, 0.29) is 0 Å². The van der Waals surface area contributed by atoms with E-state index in [2.05, 4.69) is 29.3 Å². The summed E-state index contributed by atoms with van der Waals surface area (Å²) in [7, 11) is 0. The zero-order chi connectivity index (χ0) is 10.7. The molecule has 2 aromatic rings. The fourth-order valence-corrected chi connectivity index (χ4v) is 1.69. The van der Waals surface area contributed by atoms with Gasteiger partial charge in [0.05, 0.1) is 12.4 Å². The molecule has 4 heteroatoms. The molecule has 0 N–H and O–H groups in total. The highest BCUT2D eigenvalue weighted by Crippen LogP contribution is 2.10. The van der Waals surface area contributed by atoms with Crippen LogP contribution in [0.15, 0.2) is 30.6 Å². The molecular formula is C11H12ClN3. The van der Waals surface area contributed by atoms with Gasteiger partial charge in [-0.3, -0.25) is 0 Å². The summed E-state index contributed by atoms with van der Waals surface area (Å²) in [6.45, 7) is 2.88. The molecule has 15 heavy (non-hydrogen) atoms. The number of hydrogen-bond donors (Lipinski definition) is 0. The van der Waals surface area contributed by atoms with E-state index in [1.54, 1.807) is 6.33 Å². The molecule has 2 rings (SSSR count). The monoisotopic (exact) mass is 221 g/mol. The van der Waals surface area contributed by atoms with Crippen molar-refractivity contribution < 1.29 is 0 Å². The van der Waals surface area contributed by atoms with Gasteiger partial charge in [0.1, 0.15) is 12.2 Å². The molecule has 78 valence electrons. The molecule has 1 heterocycles. The number of alkyl halides is 1. The summed E-state index contributed by atoms with van der Waals surface area (Å²) in [6, 6.07) is 8.27. The van der Waals surface area contributed by atoms with Crippen molar-refractivity contribution in [2.24, 2.45) is 0 Å². The van der Waals surface area contributed by atoms with Crippen LogP contribution in [-0.2, 0) is 12.4 Å². The summed E-state index contributed by atoms with van der Waals surface area (Å²) >= 11 is 5.76. The molecule has 0 bridgehead atoms. The van der Waals surface area contributed by atoms with Crippen molar-refractivity contribution in [3.8, 4) is 0 Å². The highest BCUT2D eigenvalue weighted by molar-refractivity contribution is 6.16. The van der Waals surface area contributed by atoms with E-state index < -0.39 is 0 Å². The first kappa shape index (κ1) is 10.2. The van der Waals surface area contributed by atoms with E-state index in [0.717, 1.165) is 12.4 Å². The molecular weight excluding hydrogens is 210 g/mol. The Morgan fingerprint density at radius 3 is 2.87 bits per heavy atom. The molecule has 0 spiro atoms. The molecule has 0 radical (unpaired) electrons. The molecule has 1 aromatic heterocycles. The van der Waals surface area contributed by atoms with E-state index in [9.17, 15) is 0 Å². The maximum absolute atomic E-state index is 5.76. The summed E-state index contributed by atoms with van der Waals surface area (Å²) in [5.74, 6) is 1.20. The van der Waals surface area contributed by atoms with Crippen LogP contribution in [0, 0.1) is 6.92 Å². The van der Waals surface area contributed by atoms with Gasteiger partial charge in [0.15, 0.2) is 0 Å². The van der Waals surface area contributed by atoms with Crippen LogP contribution in [-0.4, -0.2) is 14.8 Å². The van der Waals surface area contributed by atoms with Gasteiger partial charge in [0.25, 0.3) is 0 Å². The third kappa shape index (κ3) is 2.18. The molecule has 0 aliphatic carbocycles. The average molecular weight is 222 g/mol. The number of aryl methyl sites for hydroxylation is 1. The first-order valence-electron chi connectivity index (χ1n) is 4.78. The van der Waals surface area contributed by atoms with E-state index in [4.69, 9.17) is 11.6 Å². The lowest BCUT2D eigenvalue weighted by atomic mass is 10.1. The SMILES string of the molecule is Cc1ccccc1Cn1cnnc1CCl. The predicted molar refractivity (Wildman–Crippen MR) is 59.9 cm³/mol. The van der Waals surface area contributed by atoms with E-state index >= 15 is 0 Å². The number of rotatable bonds is 3. The Hall–Kier alpha value is -1.35. The Balaban J connectivity index is 2.26. The van der Waals surface area contributed by atoms with Crippen molar-refractivity contribution >= 4 is 11.6 Å². The highest BCUT2D eigenvalue weighted by atomic mass is 35.5. The molecule has 0 saturated carbocycles. The Kier molecular flexibility index (Phi) is 3.02. The Bertz CT molecular complexity index is 451. The lowest BCUT2D eigenvalue weighted by Gasteiger charge is -2.07. The minimum Gasteiger partial charge on any atom is -0.312 e. The topological polar surface area (TPSA) is 30.7 Å². The van der Waals surface area contributed by atoms with Gasteiger partial charge in [-0.15, -0.1) is 21.8 Å². The van der Waals surface area contributed by atoms with E-state index in [1.807, 2.05) is 16.7 Å². The number of halogens is 1. The summed E-state index contributed by atoms with van der Waals surface area (Å²) in [4.78, 5) is 0. The van der Waals surface area contributed by atoms with E-state index in [0.29, 0.717) is 5.88 Å². The molecule has 0 atom stereocenters. The molecule has 0 unspecified atom stereocenters. The molecule has 0 aliphatic rings. The smallest absolute Gasteiger partial charge is 0.148 e. The maximum Gasteiger partial charge on any atom is 0.148 e. The van der Waals surface area contributed by atoms with Crippen LogP contribution in [0.4, 0.5) is 0 Å². The first-order valence-corrected chi connectivity index (χ1v) is 5.32. The second kappa shape index (κ2) is 4.45. The number of hydrogen-bond acceptors (Lipinski definition) is 2. The van der Waals surface area contributed by atoms with Gasteiger partial charge in [0, 0.05) is 0 Å². The fourth-order valence-electron chi connectivity index (χ4n) is 1.49. The van der Waals surface area contributed by atoms with Crippen LogP contribution in [0.2, 0.25) is 0 Å². The van der Waals surface area contributed by atoms with Crippen molar-refractivity contribution in [2.75, 3.05) is 0 Å². The summed E-state index contributed by atoms with van der Waals surface area (Å²) in [5.41, 5.74) is 2.54. The summed E-state index contributed by atoms with van der Waals surface area (Å²) in [5, 5.41) is 7.79. The maximum atomic E-state index is 5.76. The minimum absolute atomic E-state index is 0.395. The van der Waals surface area contributed by atoms with Gasteiger partial charge in [-0.1, -0.05) is 24.3 Å². The lowest BCUT2D eigenvalue weighted by molar-refractivity contribution is 0.751. The van der Waals surface area contributed by atoms with Crippen LogP contribution in [0.1, 0.15) is 17.0 Å². The van der Waals surface area contributed by atoms with Gasteiger partial charge in [-0.2, -0.15) is 0 Å². The highest BCUT2D eigenvalue weighted by Gasteiger charge is 2.04. The Morgan fingerprint density at radius 2 is 2.13 bits per heavy atom. The van der Waals surface area contributed by atoms with Crippen molar-refractivity contribution in [3.63, 3.8) is 0 Å². The van der Waals surface area contributed by atoms with Gasteiger partial charge in [-0.25, -0.2) is 0 Å². The molecule has 0 aliphatic heterocycles. The number of nitrogens with zero attached hydrogens (tertiary/aromatic N) is 3. The second-order valence-corrected chi connectivity index (χ2v) is 3.70. The predicted octanol–water partition coefficient (Wildman–Crippen LogP) is 2.37. The van der Waals surface area contributed by atoms with E-state index in [1.165, 1.54) is 11.1 Å². The normalized spacial score (nSPS) is 10.5. The number of benzene rings is 1. The van der Waals surface area contributed by atoms with Gasteiger partial charge >= 0.3 is 0 Å². The first-order chi connectivity index (χ1) is 7.31. The van der Waals surface area contributed by atoms with Crippen LogP contribution in [0.3, 0.4) is 0 Å². The van der Waals surface area contributed by atoms with Crippen LogP contribution in [0.25, 0.3) is 0 Å². The zero-order valence-corrected chi connectivity index (χ0v) is 9.28. The molecule has 0 fully saturated rings. The Morgan fingerprint density at radius 1 is 1.33 bits per heavy atom.